The van der Waals surface area contributed by atoms with Crippen LogP contribution in [0, 0.1) is 0 Å². The standard InChI is InChI=1S/C14H24N2O3Si/c1-3-15(11-8-12-20(17,18)19)16(4-2)13-14-9-6-5-7-10-14/h4-7,9-10,17-19H,2-3,8,11-13H2,1H3. The Balaban J connectivity index is 2.54. The van der Waals surface area contributed by atoms with E-state index in [4.69, 9.17) is 14.4 Å². The molecular weight excluding hydrogens is 272 g/mol. The molecule has 1 aromatic carbocycles. The van der Waals surface area contributed by atoms with Crippen LogP contribution in [0.2, 0.25) is 6.04 Å². The van der Waals surface area contributed by atoms with Crippen LogP contribution in [0.4, 0.5) is 0 Å². The largest absolute Gasteiger partial charge is 0.492 e. The molecule has 0 heterocycles. The zero-order valence-electron chi connectivity index (χ0n) is 11.9. The Labute approximate surface area is 121 Å². The Morgan fingerprint density at radius 2 is 1.85 bits per heavy atom. The van der Waals surface area contributed by atoms with E-state index in [1.54, 1.807) is 6.20 Å². The smallest absolute Gasteiger partial charge is 0.390 e. The van der Waals surface area contributed by atoms with Crippen LogP contribution < -0.4 is 0 Å². The molecule has 112 valence electrons. The maximum Gasteiger partial charge on any atom is 0.492 e. The minimum absolute atomic E-state index is 0.0554. The van der Waals surface area contributed by atoms with Crippen LogP contribution >= 0.6 is 0 Å². The second-order valence-electron chi connectivity index (χ2n) is 4.69. The van der Waals surface area contributed by atoms with Gasteiger partial charge in [0.2, 0.25) is 0 Å². The number of benzene rings is 1. The first-order valence-electron chi connectivity index (χ1n) is 6.81. The van der Waals surface area contributed by atoms with Crippen molar-refractivity contribution in [3.63, 3.8) is 0 Å². The summed E-state index contributed by atoms with van der Waals surface area (Å²) in [6, 6.07) is 10.1. The van der Waals surface area contributed by atoms with Crippen LogP contribution in [0.15, 0.2) is 43.1 Å². The van der Waals surface area contributed by atoms with Crippen molar-refractivity contribution in [2.75, 3.05) is 13.1 Å². The van der Waals surface area contributed by atoms with Crippen LogP contribution in [0.1, 0.15) is 18.9 Å². The molecule has 3 N–H and O–H groups in total. The zero-order chi connectivity index (χ0) is 15.0. The molecule has 6 heteroatoms. The maximum atomic E-state index is 9.03. The molecule has 0 spiro atoms. The van der Waals surface area contributed by atoms with Crippen molar-refractivity contribution in [3.8, 4) is 0 Å². The Hall–Kier alpha value is -1.18. The molecule has 0 saturated carbocycles. The third-order valence-electron chi connectivity index (χ3n) is 3.05. The van der Waals surface area contributed by atoms with Gasteiger partial charge in [-0.25, -0.2) is 5.01 Å². The summed E-state index contributed by atoms with van der Waals surface area (Å²) in [6.07, 6.45) is 2.29. The minimum Gasteiger partial charge on any atom is -0.390 e. The third-order valence-corrected chi connectivity index (χ3v) is 4.08. The average Bonchev–Trinajstić information content (AvgIpc) is 2.41. The maximum absolute atomic E-state index is 9.03. The van der Waals surface area contributed by atoms with E-state index in [1.807, 2.05) is 30.1 Å². The fourth-order valence-corrected chi connectivity index (χ4v) is 2.65. The van der Waals surface area contributed by atoms with Gasteiger partial charge in [-0.2, -0.15) is 0 Å². The van der Waals surface area contributed by atoms with Crippen LogP contribution in [0.3, 0.4) is 0 Å². The molecule has 0 aliphatic rings. The summed E-state index contributed by atoms with van der Waals surface area (Å²) < 4.78 is 0. The van der Waals surface area contributed by atoms with Gasteiger partial charge in [-0.05, 0) is 12.0 Å². The molecule has 0 amide bonds. The lowest BCUT2D eigenvalue weighted by atomic mass is 10.2. The summed E-state index contributed by atoms with van der Waals surface area (Å²) in [7, 11) is -3.93. The fraction of sp³-hybridized carbons (Fsp3) is 0.429. The highest BCUT2D eigenvalue weighted by Gasteiger charge is 2.26. The van der Waals surface area contributed by atoms with E-state index in [2.05, 4.69) is 23.7 Å². The molecule has 5 nitrogen and oxygen atoms in total. The summed E-state index contributed by atoms with van der Waals surface area (Å²) in [5.74, 6) is 0. The predicted molar refractivity (Wildman–Crippen MR) is 81.3 cm³/mol. The molecule has 0 unspecified atom stereocenters. The van der Waals surface area contributed by atoms with Crippen LogP contribution in [0.25, 0.3) is 0 Å². The number of rotatable bonds is 9. The molecule has 0 atom stereocenters. The van der Waals surface area contributed by atoms with Gasteiger partial charge in [0.1, 0.15) is 0 Å². The van der Waals surface area contributed by atoms with E-state index in [9.17, 15) is 0 Å². The van der Waals surface area contributed by atoms with Crippen LogP contribution in [-0.2, 0) is 6.54 Å². The van der Waals surface area contributed by atoms with E-state index in [-0.39, 0.29) is 6.04 Å². The topological polar surface area (TPSA) is 67.2 Å². The normalized spacial score (nSPS) is 11.7. The SMILES string of the molecule is C=CN(Cc1ccccc1)N(CC)CCC[Si](O)(O)O. The highest BCUT2D eigenvalue weighted by atomic mass is 28.4. The summed E-state index contributed by atoms with van der Waals surface area (Å²) in [5.41, 5.74) is 1.18. The Kier molecular flexibility index (Phi) is 6.90. The van der Waals surface area contributed by atoms with Gasteiger partial charge in [-0.15, -0.1) is 0 Å². The molecule has 20 heavy (non-hydrogen) atoms. The van der Waals surface area contributed by atoms with Crippen molar-refractivity contribution in [2.45, 2.75) is 25.9 Å². The van der Waals surface area contributed by atoms with E-state index in [1.165, 1.54) is 5.56 Å². The second kappa shape index (κ2) is 8.18. The van der Waals surface area contributed by atoms with E-state index < -0.39 is 8.80 Å². The van der Waals surface area contributed by atoms with Crippen molar-refractivity contribution in [1.82, 2.24) is 10.0 Å². The van der Waals surface area contributed by atoms with Gasteiger partial charge in [0.15, 0.2) is 0 Å². The van der Waals surface area contributed by atoms with E-state index in [0.29, 0.717) is 13.0 Å². The fourth-order valence-electron chi connectivity index (χ4n) is 2.02. The van der Waals surface area contributed by atoms with Crippen molar-refractivity contribution in [1.29, 1.82) is 0 Å². The summed E-state index contributed by atoms with van der Waals surface area (Å²) in [5, 5.41) is 4.07. The van der Waals surface area contributed by atoms with Gasteiger partial charge in [0.05, 0.1) is 6.54 Å². The average molecular weight is 296 g/mol. The first kappa shape index (κ1) is 16.9. The molecule has 0 fully saturated rings. The summed E-state index contributed by atoms with van der Waals surface area (Å²) in [4.78, 5) is 27.1. The number of hydrazine groups is 1. The quantitative estimate of drug-likeness (QED) is 0.471. The van der Waals surface area contributed by atoms with E-state index >= 15 is 0 Å². The zero-order valence-corrected chi connectivity index (χ0v) is 12.9. The van der Waals surface area contributed by atoms with Crippen molar-refractivity contribution < 1.29 is 14.4 Å². The first-order valence-corrected chi connectivity index (χ1v) is 8.86. The molecule has 0 bridgehead atoms. The Morgan fingerprint density at radius 1 is 1.20 bits per heavy atom. The van der Waals surface area contributed by atoms with Gasteiger partial charge in [-0.3, -0.25) is 0 Å². The first-order chi connectivity index (χ1) is 9.46. The van der Waals surface area contributed by atoms with Gasteiger partial charge in [0.25, 0.3) is 0 Å². The Bertz CT molecular complexity index is 395. The molecule has 0 radical (unpaired) electrons. The second-order valence-corrected chi connectivity index (χ2v) is 6.74. The molecule has 0 aromatic heterocycles. The third kappa shape index (κ3) is 6.31. The lowest BCUT2D eigenvalue weighted by molar-refractivity contribution is 0.0188. The molecule has 1 rings (SSSR count). The minimum atomic E-state index is -3.93. The lowest BCUT2D eigenvalue weighted by Gasteiger charge is -2.33. The molecule has 0 aliphatic carbocycles. The van der Waals surface area contributed by atoms with Crippen LogP contribution in [-0.4, -0.2) is 46.3 Å². The highest BCUT2D eigenvalue weighted by Crippen LogP contribution is 2.10. The van der Waals surface area contributed by atoms with Crippen LogP contribution in [0.5, 0.6) is 0 Å². The predicted octanol–water partition coefficient (Wildman–Crippen LogP) is 1.17. The molecule has 1 aromatic rings. The van der Waals surface area contributed by atoms with Crippen molar-refractivity contribution >= 4 is 8.80 Å². The monoisotopic (exact) mass is 296 g/mol. The van der Waals surface area contributed by atoms with Gasteiger partial charge in [-0.1, -0.05) is 43.8 Å². The number of hydrogen-bond acceptors (Lipinski definition) is 5. The van der Waals surface area contributed by atoms with Gasteiger partial charge in [0, 0.05) is 25.3 Å². The highest BCUT2D eigenvalue weighted by molar-refractivity contribution is 6.56. The van der Waals surface area contributed by atoms with Crippen molar-refractivity contribution in [3.05, 3.63) is 48.7 Å². The van der Waals surface area contributed by atoms with E-state index in [0.717, 1.165) is 13.1 Å². The number of hydrogen-bond donors (Lipinski definition) is 3. The molecular formula is C14H24N2O3Si. The van der Waals surface area contributed by atoms with Crippen molar-refractivity contribution in [2.24, 2.45) is 0 Å². The Morgan fingerprint density at radius 3 is 2.35 bits per heavy atom. The molecule has 0 saturated heterocycles. The van der Waals surface area contributed by atoms with Gasteiger partial charge >= 0.3 is 8.80 Å². The molecule has 0 aliphatic heterocycles. The summed E-state index contributed by atoms with van der Waals surface area (Å²) in [6.45, 7) is 8.01. The van der Waals surface area contributed by atoms with Gasteiger partial charge < -0.3 is 19.4 Å². The lowest BCUT2D eigenvalue weighted by Crippen LogP contribution is -2.41. The number of nitrogens with zero attached hydrogens (tertiary/aromatic N) is 2. The summed E-state index contributed by atoms with van der Waals surface area (Å²) >= 11 is 0.